The van der Waals surface area contributed by atoms with E-state index in [1.807, 2.05) is 61.7 Å². The van der Waals surface area contributed by atoms with Crippen LogP contribution >= 0.6 is 23.1 Å². The Morgan fingerprint density at radius 3 is 2.50 bits per heavy atom. The maximum Gasteiger partial charge on any atom is 0.267 e. The van der Waals surface area contributed by atoms with Crippen LogP contribution in [-0.4, -0.2) is 15.9 Å². The molecule has 2 aromatic heterocycles. The minimum Gasteiger partial charge on any atom is -0.321 e. The second-order valence-electron chi connectivity index (χ2n) is 6.81. The van der Waals surface area contributed by atoms with E-state index in [0.29, 0.717) is 4.88 Å². The Kier molecular flexibility index (Phi) is 6.57. The first-order chi connectivity index (χ1) is 14.7. The summed E-state index contributed by atoms with van der Waals surface area (Å²) in [6.45, 7) is 1.89. The van der Waals surface area contributed by atoms with Crippen molar-refractivity contribution in [3.05, 3.63) is 106 Å². The molecule has 30 heavy (non-hydrogen) atoms. The number of nitrogens with one attached hydrogen (secondary N) is 1. The lowest BCUT2D eigenvalue weighted by Gasteiger charge is -2.06. The van der Waals surface area contributed by atoms with Crippen LogP contribution in [-0.2, 0) is 12.2 Å². The average Bonchev–Trinajstić information content (AvgIpc) is 3.15. The third-order valence-corrected chi connectivity index (χ3v) is 6.73. The summed E-state index contributed by atoms with van der Waals surface area (Å²) >= 11 is 3.20. The molecular formula is C24H21N3OS2. The SMILES string of the molecule is Cc1nc(Cc2ccccc2)sc1C(=O)Nc1ccc(SCc2cccnc2)cc1. The lowest BCUT2D eigenvalue weighted by atomic mass is 10.2. The van der Waals surface area contributed by atoms with Crippen molar-refractivity contribution in [2.24, 2.45) is 0 Å². The van der Waals surface area contributed by atoms with Crippen LogP contribution in [0.3, 0.4) is 0 Å². The predicted octanol–water partition coefficient (Wildman–Crippen LogP) is 5.98. The molecule has 0 aliphatic carbocycles. The number of aromatic nitrogens is 2. The molecule has 0 saturated carbocycles. The largest absolute Gasteiger partial charge is 0.321 e. The number of rotatable bonds is 7. The smallest absolute Gasteiger partial charge is 0.267 e. The van der Waals surface area contributed by atoms with E-state index >= 15 is 0 Å². The lowest BCUT2D eigenvalue weighted by Crippen LogP contribution is -2.11. The highest BCUT2D eigenvalue weighted by Crippen LogP contribution is 2.25. The molecular weight excluding hydrogens is 410 g/mol. The van der Waals surface area contributed by atoms with Crippen LogP contribution in [0, 0.1) is 6.92 Å². The second-order valence-corrected chi connectivity index (χ2v) is 8.95. The lowest BCUT2D eigenvalue weighted by molar-refractivity contribution is 0.103. The molecule has 2 heterocycles. The second kappa shape index (κ2) is 9.69. The molecule has 0 unspecified atom stereocenters. The van der Waals surface area contributed by atoms with Gasteiger partial charge in [-0.25, -0.2) is 4.98 Å². The normalized spacial score (nSPS) is 10.7. The molecule has 4 rings (SSSR count). The van der Waals surface area contributed by atoms with Gasteiger partial charge in [0, 0.05) is 35.2 Å². The number of amides is 1. The Hall–Kier alpha value is -2.96. The van der Waals surface area contributed by atoms with Gasteiger partial charge in [-0.15, -0.1) is 23.1 Å². The van der Waals surface area contributed by atoms with Crippen molar-refractivity contribution < 1.29 is 4.79 Å². The molecule has 1 N–H and O–H groups in total. The summed E-state index contributed by atoms with van der Waals surface area (Å²) in [5.74, 6) is 0.754. The molecule has 1 amide bonds. The van der Waals surface area contributed by atoms with Gasteiger partial charge >= 0.3 is 0 Å². The molecule has 4 nitrogen and oxygen atoms in total. The van der Waals surface area contributed by atoms with Gasteiger partial charge in [0.15, 0.2) is 0 Å². The Labute approximate surface area is 184 Å². The van der Waals surface area contributed by atoms with Gasteiger partial charge in [-0.05, 0) is 48.4 Å². The van der Waals surface area contributed by atoms with Crippen LogP contribution in [0.5, 0.6) is 0 Å². The van der Waals surface area contributed by atoms with Crippen LogP contribution in [0.15, 0.2) is 84.0 Å². The highest BCUT2D eigenvalue weighted by atomic mass is 32.2. The molecule has 0 saturated heterocycles. The quantitative estimate of drug-likeness (QED) is 0.366. The Morgan fingerprint density at radius 1 is 1.00 bits per heavy atom. The summed E-state index contributed by atoms with van der Waals surface area (Å²) in [6.07, 6.45) is 4.40. The number of carbonyl (C=O) groups is 1. The van der Waals surface area contributed by atoms with E-state index in [-0.39, 0.29) is 5.91 Å². The van der Waals surface area contributed by atoms with Crippen molar-refractivity contribution >= 4 is 34.7 Å². The number of anilines is 1. The van der Waals surface area contributed by atoms with Crippen molar-refractivity contribution in [2.75, 3.05) is 5.32 Å². The maximum atomic E-state index is 12.7. The van der Waals surface area contributed by atoms with Gasteiger partial charge in [-0.3, -0.25) is 9.78 Å². The minimum atomic E-state index is -0.111. The molecule has 0 atom stereocenters. The first-order valence-electron chi connectivity index (χ1n) is 9.61. The summed E-state index contributed by atoms with van der Waals surface area (Å²) < 4.78 is 0. The van der Waals surface area contributed by atoms with Crippen molar-refractivity contribution in [3.8, 4) is 0 Å². The number of pyridine rings is 1. The molecule has 150 valence electrons. The summed E-state index contributed by atoms with van der Waals surface area (Å²) in [7, 11) is 0. The number of benzene rings is 2. The van der Waals surface area contributed by atoms with Crippen LogP contribution in [0.4, 0.5) is 5.69 Å². The van der Waals surface area contributed by atoms with Crippen molar-refractivity contribution in [1.82, 2.24) is 9.97 Å². The van der Waals surface area contributed by atoms with Crippen LogP contribution in [0.2, 0.25) is 0 Å². The zero-order valence-corrected chi connectivity index (χ0v) is 18.2. The molecule has 0 aliphatic rings. The van der Waals surface area contributed by atoms with E-state index in [1.54, 1.807) is 18.0 Å². The van der Waals surface area contributed by atoms with Gasteiger partial charge in [0.05, 0.1) is 10.7 Å². The highest BCUT2D eigenvalue weighted by Gasteiger charge is 2.15. The zero-order valence-electron chi connectivity index (χ0n) is 16.5. The summed E-state index contributed by atoms with van der Waals surface area (Å²) in [4.78, 5) is 23.3. The fraction of sp³-hybridized carbons (Fsp3) is 0.125. The first-order valence-corrected chi connectivity index (χ1v) is 11.4. The summed E-state index contributed by atoms with van der Waals surface area (Å²) in [5.41, 5.74) is 3.93. The number of hydrogen-bond acceptors (Lipinski definition) is 5. The van der Waals surface area contributed by atoms with Gasteiger partial charge in [0.25, 0.3) is 5.91 Å². The summed E-state index contributed by atoms with van der Waals surface area (Å²) in [6, 6.07) is 22.1. The summed E-state index contributed by atoms with van der Waals surface area (Å²) in [5, 5.41) is 3.94. The number of aryl methyl sites for hydroxylation is 1. The van der Waals surface area contributed by atoms with E-state index < -0.39 is 0 Å². The van der Waals surface area contributed by atoms with E-state index in [4.69, 9.17) is 0 Å². The molecule has 6 heteroatoms. The number of nitrogens with zero attached hydrogens (tertiary/aromatic N) is 2. The van der Waals surface area contributed by atoms with Crippen molar-refractivity contribution in [3.63, 3.8) is 0 Å². The van der Waals surface area contributed by atoms with E-state index in [2.05, 4.69) is 33.5 Å². The van der Waals surface area contributed by atoms with Crippen LogP contribution in [0.25, 0.3) is 0 Å². The maximum absolute atomic E-state index is 12.7. The molecule has 0 spiro atoms. The molecule has 0 bridgehead atoms. The average molecular weight is 432 g/mol. The van der Waals surface area contributed by atoms with Gasteiger partial charge in [0.2, 0.25) is 0 Å². The minimum absolute atomic E-state index is 0.111. The van der Waals surface area contributed by atoms with Crippen molar-refractivity contribution in [2.45, 2.75) is 24.0 Å². The number of thioether (sulfide) groups is 1. The van der Waals surface area contributed by atoms with E-state index in [1.165, 1.54) is 22.5 Å². The predicted molar refractivity (Wildman–Crippen MR) is 124 cm³/mol. The first kappa shape index (κ1) is 20.3. The van der Waals surface area contributed by atoms with Crippen LogP contribution < -0.4 is 5.32 Å². The van der Waals surface area contributed by atoms with Crippen LogP contribution in [0.1, 0.15) is 31.5 Å². The number of carbonyl (C=O) groups excluding carboxylic acids is 1. The Morgan fingerprint density at radius 2 is 1.77 bits per heavy atom. The zero-order chi connectivity index (χ0) is 20.8. The van der Waals surface area contributed by atoms with Crippen molar-refractivity contribution in [1.29, 1.82) is 0 Å². The van der Waals surface area contributed by atoms with E-state index in [0.717, 1.165) is 33.5 Å². The Bertz CT molecular complexity index is 1110. The fourth-order valence-corrected chi connectivity index (χ4v) is 4.81. The van der Waals surface area contributed by atoms with Gasteiger partial charge in [-0.1, -0.05) is 36.4 Å². The topological polar surface area (TPSA) is 54.9 Å². The van der Waals surface area contributed by atoms with Gasteiger partial charge in [0.1, 0.15) is 4.88 Å². The van der Waals surface area contributed by atoms with Gasteiger partial charge in [-0.2, -0.15) is 0 Å². The molecule has 0 fully saturated rings. The number of hydrogen-bond donors (Lipinski definition) is 1. The standard InChI is InChI=1S/C24H21N3OS2/c1-17-23(30-22(26-17)14-18-6-3-2-4-7-18)24(28)27-20-9-11-21(12-10-20)29-16-19-8-5-13-25-15-19/h2-13,15H,14,16H2,1H3,(H,27,28). The Balaban J connectivity index is 1.36. The molecule has 0 radical (unpaired) electrons. The molecule has 4 aromatic rings. The third-order valence-electron chi connectivity index (χ3n) is 4.49. The highest BCUT2D eigenvalue weighted by molar-refractivity contribution is 7.98. The monoisotopic (exact) mass is 431 g/mol. The van der Waals surface area contributed by atoms with E-state index in [9.17, 15) is 4.79 Å². The number of thiazole rings is 1. The van der Waals surface area contributed by atoms with Gasteiger partial charge < -0.3 is 5.32 Å². The third kappa shape index (κ3) is 5.34. The fourth-order valence-electron chi connectivity index (χ4n) is 2.98. The molecule has 0 aliphatic heterocycles. The molecule has 2 aromatic carbocycles.